The van der Waals surface area contributed by atoms with Gasteiger partial charge in [-0.3, -0.25) is 0 Å². The highest BCUT2D eigenvalue weighted by Crippen LogP contribution is 2.47. The molecule has 0 unspecified atom stereocenters. The summed E-state index contributed by atoms with van der Waals surface area (Å²) >= 11 is 0. The summed E-state index contributed by atoms with van der Waals surface area (Å²) in [5, 5.41) is 0. The summed E-state index contributed by atoms with van der Waals surface area (Å²) in [6.07, 6.45) is -0.369. The van der Waals surface area contributed by atoms with Crippen molar-refractivity contribution in [1.29, 1.82) is 0 Å². The Morgan fingerprint density at radius 1 is 0.950 bits per heavy atom. The number of rotatable bonds is 5. The number of hydrogen-bond donors (Lipinski definition) is 0. The predicted molar refractivity (Wildman–Crippen MR) is 74.1 cm³/mol. The van der Waals surface area contributed by atoms with Crippen LogP contribution in [0.25, 0.3) is 0 Å². The van der Waals surface area contributed by atoms with E-state index in [0.717, 1.165) is 13.8 Å². The van der Waals surface area contributed by atoms with Crippen LogP contribution in [0.4, 0.5) is 17.6 Å². The smallest absolute Gasteiger partial charge is 0.199 e. The molecule has 0 saturated carbocycles. The molecule has 0 aliphatic rings. The molecule has 4 heteroatoms. The molecule has 0 atom stereocenters. The second kappa shape index (κ2) is 6.03. The average molecular weight is 290 g/mol. The van der Waals surface area contributed by atoms with Gasteiger partial charge in [0.1, 0.15) is 0 Å². The first kappa shape index (κ1) is 18.8. The van der Waals surface area contributed by atoms with Gasteiger partial charge < -0.3 is 0 Å². The summed E-state index contributed by atoms with van der Waals surface area (Å²) in [7, 11) is 0. The first-order chi connectivity index (χ1) is 8.82. The minimum Gasteiger partial charge on any atom is -0.199 e. The number of hydrogen-bond acceptors (Lipinski definition) is 0. The molecule has 0 aliphatic carbocycles. The molecule has 0 bridgehead atoms. The maximum absolute atomic E-state index is 14.1. The topological polar surface area (TPSA) is 0 Å². The van der Waals surface area contributed by atoms with Crippen LogP contribution in [0, 0.1) is 11.3 Å². The summed E-state index contributed by atoms with van der Waals surface area (Å²) in [5.74, 6) is -9.94. The molecule has 0 aromatic rings. The Bertz CT molecular complexity index is 451. The summed E-state index contributed by atoms with van der Waals surface area (Å²) < 4.78 is 55.6. The lowest BCUT2D eigenvalue weighted by Crippen LogP contribution is -2.46. The average Bonchev–Trinajstić information content (AvgIpc) is 2.27. The first-order valence-corrected chi connectivity index (χ1v) is 6.36. The van der Waals surface area contributed by atoms with Gasteiger partial charge in [0.25, 0.3) is 0 Å². The van der Waals surface area contributed by atoms with E-state index in [-0.39, 0.29) is 6.42 Å². The van der Waals surface area contributed by atoms with Crippen molar-refractivity contribution in [3.63, 3.8) is 0 Å². The first-order valence-electron chi connectivity index (χ1n) is 6.36. The van der Waals surface area contributed by atoms with E-state index < -0.39 is 28.8 Å². The maximum atomic E-state index is 14.1. The van der Waals surface area contributed by atoms with Gasteiger partial charge in [-0.2, -0.15) is 17.6 Å². The Labute approximate surface area is 118 Å². The Hall–Kier alpha value is -1.24. The van der Waals surface area contributed by atoms with Gasteiger partial charge >= 0.3 is 11.8 Å². The Morgan fingerprint density at radius 3 is 1.60 bits per heavy atom. The van der Waals surface area contributed by atoms with Gasteiger partial charge in [-0.05, 0) is 11.0 Å². The third-order valence-electron chi connectivity index (χ3n) is 3.21. The summed E-state index contributed by atoms with van der Waals surface area (Å²) in [5.41, 5.74) is 3.65. The summed E-state index contributed by atoms with van der Waals surface area (Å²) in [6.45, 7) is 14.0. The molecule has 0 spiro atoms. The van der Waals surface area contributed by atoms with Crippen LogP contribution in [0.3, 0.4) is 0 Å². The van der Waals surface area contributed by atoms with E-state index in [4.69, 9.17) is 0 Å². The number of alkyl halides is 4. The molecule has 0 saturated heterocycles. The molecule has 114 valence electrons. The monoisotopic (exact) mass is 290 g/mol. The third kappa shape index (κ3) is 3.65. The lowest BCUT2D eigenvalue weighted by atomic mass is 9.81. The zero-order chi connectivity index (χ0) is 16.4. The van der Waals surface area contributed by atoms with Gasteiger partial charge in [0.05, 0.1) is 5.57 Å². The van der Waals surface area contributed by atoms with Crippen molar-refractivity contribution in [3.05, 3.63) is 35.8 Å². The van der Waals surface area contributed by atoms with Gasteiger partial charge in [-0.15, -0.1) is 11.5 Å². The molecule has 0 rings (SSSR count). The zero-order valence-electron chi connectivity index (χ0n) is 12.7. The molecule has 0 aliphatic heterocycles. The van der Waals surface area contributed by atoms with E-state index in [0.29, 0.717) is 5.57 Å². The van der Waals surface area contributed by atoms with Crippen molar-refractivity contribution in [3.8, 4) is 0 Å². The number of allylic oxidation sites excluding steroid dienone is 2. The van der Waals surface area contributed by atoms with Crippen LogP contribution in [0.15, 0.2) is 35.8 Å². The lowest BCUT2D eigenvalue weighted by molar-refractivity contribution is -0.210. The van der Waals surface area contributed by atoms with E-state index in [9.17, 15) is 17.6 Å². The Morgan fingerprint density at radius 2 is 1.35 bits per heavy atom. The molecule has 0 fully saturated rings. The summed E-state index contributed by atoms with van der Waals surface area (Å²) in [6, 6.07) is 0. The van der Waals surface area contributed by atoms with Gasteiger partial charge in [-0.1, -0.05) is 47.8 Å². The molecule has 0 amide bonds. The van der Waals surface area contributed by atoms with Crippen LogP contribution in [0.1, 0.15) is 41.0 Å². The molecule has 20 heavy (non-hydrogen) atoms. The fourth-order valence-corrected chi connectivity index (χ4v) is 1.62. The van der Waals surface area contributed by atoms with Crippen molar-refractivity contribution >= 4 is 0 Å². The van der Waals surface area contributed by atoms with Gasteiger partial charge in [0.15, 0.2) is 0 Å². The standard InChI is InChI=1S/C16H22F4/c1-8-12(14(5,6)7)10-13(9-2)16(19,20)15(17,18)11(3)4/h11H,1-2,10H2,3-7H3. The fraction of sp³-hybridized carbons (Fsp3) is 0.625. The highest BCUT2D eigenvalue weighted by molar-refractivity contribution is 5.26. The van der Waals surface area contributed by atoms with Crippen molar-refractivity contribution in [2.45, 2.75) is 52.9 Å². The molecular weight excluding hydrogens is 268 g/mol. The van der Waals surface area contributed by atoms with Gasteiger partial charge in [0.2, 0.25) is 0 Å². The predicted octanol–water partition coefficient (Wildman–Crippen LogP) is 5.77. The Kier molecular flexibility index (Phi) is 5.66. The fourth-order valence-electron chi connectivity index (χ4n) is 1.62. The Balaban J connectivity index is 5.65. The van der Waals surface area contributed by atoms with Crippen LogP contribution in [-0.2, 0) is 0 Å². The second-order valence-electron chi connectivity index (χ2n) is 6.09. The van der Waals surface area contributed by atoms with E-state index in [1.165, 1.54) is 0 Å². The van der Waals surface area contributed by atoms with Crippen LogP contribution in [0.2, 0.25) is 0 Å². The van der Waals surface area contributed by atoms with Gasteiger partial charge in [0, 0.05) is 12.3 Å². The van der Waals surface area contributed by atoms with E-state index in [1.54, 1.807) is 20.8 Å². The van der Waals surface area contributed by atoms with Crippen molar-refractivity contribution in [1.82, 2.24) is 0 Å². The molecule has 0 aromatic heterocycles. The molecule has 0 heterocycles. The lowest BCUT2D eigenvalue weighted by Gasteiger charge is -2.32. The normalized spacial score (nSPS) is 12.9. The largest absolute Gasteiger partial charge is 0.339 e. The number of halogens is 4. The third-order valence-corrected chi connectivity index (χ3v) is 3.21. The van der Waals surface area contributed by atoms with Gasteiger partial charge in [-0.25, -0.2) is 0 Å². The molecule has 0 N–H and O–H groups in total. The van der Waals surface area contributed by atoms with Crippen LogP contribution in [0.5, 0.6) is 0 Å². The van der Waals surface area contributed by atoms with E-state index in [2.05, 4.69) is 18.9 Å². The second-order valence-corrected chi connectivity index (χ2v) is 6.09. The van der Waals surface area contributed by atoms with Crippen LogP contribution in [-0.4, -0.2) is 11.8 Å². The zero-order valence-corrected chi connectivity index (χ0v) is 12.7. The minimum atomic E-state index is -4.30. The van der Waals surface area contributed by atoms with Crippen LogP contribution >= 0.6 is 0 Å². The van der Waals surface area contributed by atoms with E-state index >= 15 is 0 Å². The van der Waals surface area contributed by atoms with Crippen molar-refractivity contribution in [2.24, 2.45) is 11.3 Å². The molecule has 0 radical (unpaired) electrons. The van der Waals surface area contributed by atoms with Crippen LogP contribution < -0.4 is 0 Å². The molecule has 0 nitrogen and oxygen atoms in total. The SMILES string of the molecule is C=C=C(CC(=C=C)C(F)(F)C(F)(F)C(C)C)C(C)(C)C. The quantitative estimate of drug-likeness (QED) is 0.445. The molecule has 0 aromatic carbocycles. The van der Waals surface area contributed by atoms with Crippen molar-refractivity contribution < 1.29 is 17.6 Å². The van der Waals surface area contributed by atoms with E-state index in [1.807, 2.05) is 5.73 Å². The maximum Gasteiger partial charge on any atom is 0.339 e. The van der Waals surface area contributed by atoms with Crippen molar-refractivity contribution in [2.75, 3.05) is 0 Å². The summed E-state index contributed by atoms with van der Waals surface area (Å²) in [4.78, 5) is 0. The molecular formula is C16H22F4. The minimum absolute atomic E-state index is 0.369. The highest BCUT2D eigenvalue weighted by atomic mass is 19.3. The highest BCUT2D eigenvalue weighted by Gasteiger charge is 2.60.